The summed E-state index contributed by atoms with van der Waals surface area (Å²) in [6.45, 7) is -0.0765. The van der Waals surface area contributed by atoms with Crippen molar-refractivity contribution in [1.82, 2.24) is 9.45 Å². The molecule has 0 aliphatic rings. The van der Waals surface area contributed by atoms with Gasteiger partial charge in [0.2, 0.25) is 0 Å². The van der Waals surface area contributed by atoms with Crippen LogP contribution >= 0.6 is 11.6 Å². The molecule has 4 aromatic rings. The SMILES string of the molecule is CON(C)S(=O)(=O)c1cc(C(=O)OCc2nc3ccccc3c3ccccc23)ccc1Cl. The molecular weight excluding hydrogens is 452 g/mol. The highest BCUT2D eigenvalue weighted by Gasteiger charge is 2.25. The number of carbonyl (C=O) groups is 1. The monoisotopic (exact) mass is 470 g/mol. The molecule has 0 bridgehead atoms. The highest BCUT2D eigenvalue weighted by molar-refractivity contribution is 7.89. The Morgan fingerprint density at radius 3 is 2.38 bits per heavy atom. The summed E-state index contributed by atoms with van der Waals surface area (Å²) in [4.78, 5) is 21.9. The Balaban J connectivity index is 1.65. The van der Waals surface area contributed by atoms with Gasteiger partial charge >= 0.3 is 5.97 Å². The zero-order chi connectivity index (χ0) is 22.9. The van der Waals surface area contributed by atoms with Crippen LogP contribution in [0.5, 0.6) is 0 Å². The number of ether oxygens (including phenoxy) is 1. The molecule has 7 nitrogen and oxygen atoms in total. The molecule has 0 aliphatic carbocycles. The molecule has 0 atom stereocenters. The second-order valence-corrected chi connectivity index (χ2v) is 9.25. The Bertz CT molecular complexity index is 1440. The summed E-state index contributed by atoms with van der Waals surface area (Å²) < 4.78 is 31.3. The van der Waals surface area contributed by atoms with E-state index in [1.54, 1.807) is 0 Å². The third kappa shape index (κ3) is 4.05. The van der Waals surface area contributed by atoms with E-state index in [9.17, 15) is 13.2 Å². The van der Waals surface area contributed by atoms with Gasteiger partial charge in [-0.3, -0.25) is 4.84 Å². The van der Waals surface area contributed by atoms with E-state index < -0.39 is 16.0 Å². The molecular formula is C23H19ClN2O5S. The summed E-state index contributed by atoms with van der Waals surface area (Å²) in [5.41, 5.74) is 1.44. The van der Waals surface area contributed by atoms with Gasteiger partial charge < -0.3 is 4.74 Å². The van der Waals surface area contributed by atoms with Crippen LogP contribution in [-0.4, -0.2) is 38.0 Å². The van der Waals surface area contributed by atoms with Gasteiger partial charge in [0.25, 0.3) is 10.0 Å². The van der Waals surface area contributed by atoms with E-state index in [-0.39, 0.29) is 22.1 Å². The zero-order valence-corrected chi connectivity index (χ0v) is 18.9. The first-order valence-electron chi connectivity index (χ1n) is 9.59. The molecule has 0 spiro atoms. The molecule has 9 heteroatoms. The predicted molar refractivity (Wildman–Crippen MR) is 122 cm³/mol. The lowest BCUT2D eigenvalue weighted by molar-refractivity contribution is -0.0258. The minimum atomic E-state index is -4.04. The molecule has 1 heterocycles. The number of carbonyl (C=O) groups excluding carboxylic acids is 1. The molecule has 0 radical (unpaired) electrons. The number of sulfonamides is 1. The minimum Gasteiger partial charge on any atom is -0.456 e. The summed E-state index contributed by atoms with van der Waals surface area (Å²) in [6, 6.07) is 19.4. The average Bonchev–Trinajstić information content (AvgIpc) is 2.81. The van der Waals surface area contributed by atoms with Crippen molar-refractivity contribution in [3.8, 4) is 0 Å². The van der Waals surface area contributed by atoms with E-state index in [0.717, 1.165) is 21.7 Å². The summed E-state index contributed by atoms with van der Waals surface area (Å²) in [6.07, 6.45) is 0. The molecule has 0 N–H and O–H groups in total. The number of hydroxylamine groups is 1. The van der Waals surface area contributed by atoms with Crippen molar-refractivity contribution in [2.24, 2.45) is 0 Å². The quantitative estimate of drug-likeness (QED) is 0.233. The van der Waals surface area contributed by atoms with Gasteiger partial charge in [0.05, 0.1) is 28.9 Å². The molecule has 0 saturated heterocycles. The van der Waals surface area contributed by atoms with Crippen LogP contribution in [0.4, 0.5) is 0 Å². The van der Waals surface area contributed by atoms with E-state index in [1.165, 1.54) is 32.4 Å². The van der Waals surface area contributed by atoms with Gasteiger partial charge in [-0.2, -0.15) is 0 Å². The maximum atomic E-state index is 12.7. The van der Waals surface area contributed by atoms with E-state index in [0.29, 0.717) is 10.2 Å². The lowest BCUT2D eigenvalue weighted by atomic mass is 10.0. The fourth-order valence-electron chi connectivity index (χ4n) is 3.37. The van der Waals surface area contributed by atoms with Crippen LogP contribution < -0.4 is 0 Å². The fourth-order valence-corrected chi connectivity index (χ4v) is 4.84. The minimum absolute atomic E-state index is 0.0346. The largest absolute Gasteiger partial charge is 0.456 e. The molecule has 32 heavy (non-hydrogen) atoms. The molecule has 0 saturated carbocycles. The summed E-state index contributed by atoms with van der Waals surface area (Å²) in [5, 5.41) is 2.85. The Kier molecular flexibility index (Phi) is 6.12. The van der Waals surface area contributed by atoms with Crippen molar-refractivity contribution in [3.63, 3.8) is 0 Å². The van der Waals surface area contributed by atoms with Gasteiger partial charge in [-0.15, -0.1) is 0 Å². The van der Waals surface area contributed by atoms with Crippen LogP contribution in [0.25, 0.3) is 21.7 Å². The number of hydrogen-bond donors (Lipinski definition) is 0. The maximum Gasteiger partial charge on any atom is 0.338 e. The predicted octanol–water partition coefficient (Wildman–Crippen LogP) is 4.58. The number of hydrogen-bond acceptors (Lipinski definition) is 6. The molecule has 0 amide bonds. The lowest BCUT2D eigenvalue weighted by Gasteiger charge is -2.16. The first-order valence-corrected chi connectivity index (χ1v) is 11.4. The molecule has 3 aromatic carbocycles. The first kappa shape index (κ1) is 22.2. The molecule has 1 aromatic heterocycles. The van der Waals surface area contributed by atoms with Gasteiger partial charge in [0.15, 0.2) is 0 Å². The molecule has 0 aliphatic heterocycles. The van der Waals surface area contributed by atoms with Crippen molar-refractivity contribution in [2.45, 2.75) is 11.5 Å². The van der Waals surface area contributed by atoms with Crippen molar-refractivity contribution < 1.29 is 22.8 Å². The van der Waals surface area contributed by atoms with Gasteiger partial charge in [-0.05, 0) is 29.7 Å². The molecule has 4 rings (SSSR count). The Hall–Kier alpha value is -3.04. The normalized spacial score (nSPS) is 11.9. The van der Waals surface area contributed by atoms with Crippen molar-refractivity contribution in [1.29, 1.82) is 0 Å². The highest BCUT2D eigenvalue weighted by atomic mass is 35.5. The van der Waals surface area contributed by atoms with Crippen LogP contribution in [0.2, 0.25) is 5.02 Å². The number of esters is 1. The summed E-state index contributed by atoms with van der Waals surface area (Å²) >= 11 is 6.06. The first-order chi connectivity index (χ1) is 15.3. The van der Waals surface area contributed by atoms with Gasteiger partial charge in [0.1, 0.15) is 11.5 Å². The Morgan fingerprint density at radius 2 is 1.66 bits per heavy atom. The Morgan fingerprint density at radius 1 is 1.00 bits per heavy atom. The van der Waals surface area contributed by atoms with Gasteiger partial charge in [0, 0.05) is 17.8 Å². The second kappa shape index (κ2) is 8.84. The number of fused-ring (bicyclic) bond motifs is 3. The highest BCUT2D eigenvalue weighted by Crippen LogP contribution is 2.28. The van der Waals surface area contributed by atoms with E-state index in [2.05, 4.69) is 4.98 Å². The molecule has 0 unspecified atom stereocenters. The van der Waals surface area contributed by atoms with Crippen molar-refractivity contribution in [3.05, 3.63) is 83.0 Å². The van der Waals surface area contributed by atoms with Crippen LogP contribution in [0.3, 0.4) is 0 Å². The van der Waals surface area contributed by atoms with Crippen molar-refractivity contribution >= 4 is 49.3 Å². The number of nitrogens with zero attached hydrogens (tertiary/aromatic N) is 2. The standard InChI is InChI=1S/C23H19ClN2O5S/c1-26(30-2)32(28,29)22-13-15(11-12-19(22)24)23(27)31-14-21-18-9-4-3-7-16(18)17-8-5-6-10-20(17)25-21/h3-13H,14H2,1-2H3. The zero-order valence-electron chi connectivity index (χ0n) is 17.3. The van der Waals surface area contributed by atoms with Crippen LogP contribution in [0.1, 0.15) is 16.1 Å². The number of benzene rings is 3. The van der Waals surface area contributed by atoms with Gasteiger partial charge in [-0.1, -0.05) is 58.5 Å². The van der Waals surface area contributed by atoms with E-state index >= 15 is 0 Å². The smallest absolute Gasteiger partial charge is 0.338 e. The second-order valence-electron chi connectivity index (χ2n) is 6.94. The van der Waals surface area contributed by atoms with Crippen molar-refractivity contribution in [2.75, 3.05) is 14.2 Å². The van der Waals surface area contributed by atoms with Crippen LogP contribution in [-0.2, 0) is 26.2 Å². The fraction of sp³-hybridized carbons (Fsp3) is 0.130. The van der Waals surface area contributed by atoms with E-state index in [4.69, 9.17) is 21.2 Å². The maximum absolute atomic E-state index is 12.7. The number of rotatable bonds is 6. The number of para-hydroxylation sites is 1. The number of pyridine rings is 1. The summed E-state index contributed by atoms with van der Waals surface area (Å²) in [7, 11) is -1.59. The Labute approximate surface area is 190 Å². The molecule has 164 valence electrons. The lowest BCUT2D eigenvalue weighted by Crippen LogP contribution is -2.26. The topological polar surface area (TPSA) is 85.8 Å². The third-order valence-corrected chi connectivity index (χ3v) is 7.23. The van der Waals surface area contributed by atoms with E-state index in [1.807, 2.05) is 48.5 Å². The van der Waals surface area contributed by atoms with Crippen LogP contribution in [0.15, 0.2) is 71.6 Å². The van der Waals surface area contributed by atoms with Gasteiger partial charge in [-0.25, -0.2) is 18.2 Å². The number of halogens is 1. The average molecular weight is 471 g/mol. The molecule has 0 fully saturated rings. The van der Waals surface area contributed by atoms with Crippen LogP contribution in [0, 0.1) is 0 Å². The summed E-state index contributed by atoms with van der Waals surface area (Å²) in [5.74, 6) is -0.697. The third-order valence-electron chi connectivity index (χ3n) is 5.07. The number of aromatic nitrogens is 1.